The second-order valence-corrected chi connectivity index (χ2v) is 6.50. The van der Waals surface area contributed by atoms with Crippen LogP contribution in [0.4, 0.5) is 0 Å². The van der Waals surface area contributed by atoms with Crippen LogP contribution in [0.1, 0.15) is 12.5 Å². The highest BCUT2D eigenvalue weighted by Gasteiger charge is 2.09. The molecule has 0 saturated heterocycles. The minimum atomic E-state index is -0.0494. The van der Waals surface area contributed by atoms with Crippen LogP contribution in [-0.2, 0) is 10.5 Å². The van der Waals surface area contributed by atoms with Gasteiger partial charge in [-0.3, -0.25) is 4.98 Å². The molecule has 4 nitrogen and oxygen atoms in total. The normalized spacial score (nSPS) is 13.3. The lowest BCUT2D eigenvalue weighted by Gasteiger charge is -2.12. The Morgan fingerprint density at radius 2 is 2.29 bits per heavy atom. The van der Waals surface area contributed by atoms with Crippen LogP contribution >= 0.6 is 20.1 Å². The van der Waals surface area contributed by atoms with E-state index in [1.807, 2.05) is 31.3 Å². The summed E-state index contributed by atoms with van der Waals surface area (Å²) in [6.45, 7) is 1.94. The number of hydrogen-bond donors (Lipinski definition) is 0. The molecule has 1 atom stereocenters. The molecule has 1 aromatic carbocycles. The number of thioether (sulfide) groups is 1. The van der Waals surface area contributed by atoms with Gasteiger partial charge >= 0.3 is 0 Å². The number of nitrogens with zero attached hydrogens (tertiary/aromatic N) is 2. The Kier molecular flexibility index (Phi) is 6.30. The van der Waals surface area contributed by atoms with Crippen molar-refractivity contribution in [2.24, 2.45) is 4.95 Å². The smallest absolute Gasteiger partial charge is 0.0905 e. The maximum Gasteiger partial charge on any atom is 0.0905 e. The molecule has 0 fully saturated rings. The molecule has 1 heterocycles. The van der Waals surface area contributed by atoms with Gasteiger partial charge in [0.25, 0.3) is 0 Å². The fourth-order valence-electron chi connectivity index (χ4n) is 1.88. The molecular weight excluding hydrogens is 303 g/mol. The van der Waals surface area contributed by atoms with Crippen LogP contribution in [0.15, 0.2) is 41.5 Å². The zero-order chi connectivity index (χ0) is 15.1. The molecule has 21 heavy (non-hydrogen) atoms. The molecular formula is C15H17N2O2PS. The van der Waals surface area contributed by atoms with Gasteiger partial charge < -0.3 is 4.74 Å². The highest BCUT2D eigenvalue weighted by molar-refractivity contribution is 7.99. The van der Waals surface area contributed by atoms with Crippen molar-refractivity contribution in [1.82, 2.24) is 4.98 Å². The van der Waals surface area contributed by atoms with Crippen LogP contribution < -0.4 is 0 Å². The van der Waals surface area contributed by atoms with E-state index in [0.29, 0.717) is 8.35 Å². The lowest BCUT2D eigenvalue weighted by molar-refractivity contribution is 0.172. The zero-order valence-corrected chi connectivity index (χ0v) is 13.7. The second kappa shape index (κ2) is 8.23. The molecule has 0 bridgehead atoms. The van der Waals surface area contributed by atoms with E-state index >= 15 is 0 Å². The maximum atomic E-state index is 10.5. The van der Waals surface area contributed by atoms with Gasteiger partial charge in [-0.05, 0) is 29.6 Å². The SMILES string of the molecule is COC(C)C(CSCc1cnc2ccccc2c1)=PN=O. The number of hydrogen-bond acceptors (Lipinski definition) is 5. The third kappa shape index (κ3) is 4.60. The number of fused-ring (bicyclic) bond motifs is 1. The molecule has 1 unspecified atom stereocenters. The van der Waals surface area contributed by atoms with E-state index in [2.05, 4.69) is 22.1 Å². The minimum absolute atomic E-state index is 0.0494. The van der Waals surface area contributed by atoms with Crippen molar-refractivity contribution in [3.05, 3.63) is 47.0 Å². The first kappa shape index (κ1) is 16.1. The summed E-state index contributed by atoms with van der Waals surface area (Å²) in [5, 5.41) is 2.14. The van der Waals surface area contributed by atoms with Crippen LogP contribution in [0, 0.1) is 4.91 Å². The fourth-order valence-corrected chi connectivity index (χ4v) is 3.70. The van der Waals surface area contributed by atoms with Crippen molar-refractivity contribution in [3.63, 3.8) is 0 Å². The molecule has 0 saturated carbocycles. The van der Waals surface area contributed by atoms with E-state index < -0.39 is 0 Å². The van der Waals surface area contributed by atoms with Crippen LogP contribution in [0.5, 0.6) is 0 Å². The topological polar surface area (TPSA) is 51.6 Å². The highest BCUT2D eigenvalue weighted by Crippen LogP contribution is 2.19. The largest absolute Gasteiger partial charge is 0.377 e. The van der Waals surface area contributed by atoms with Gasteiger partial charge in [0.15, 0.2) is 0 Å². The number of rotatable bonds is 7. The summed E-state index contributed by atoms with van der Waals surface area (Å²) in [7, 11) is 2.11. The lowest BCUT2D eigenvalue weighted by atomic mass is 10.2. The van der Waals surface area contributed by atoms with Gasteiger partial charge in [-0.1, -0.05) is 18.2 Å². The van der Waals surface area contributed by atoms with Crippen molar-refractivity contribution in [3.8, 4) is 0 Å². The molecule has 2 aromatic rings. The number of methoxy groups -OCH3 is 1. The van der Waals surface area contributed by atoms with Crippen LogP contribution in [0.3, 0.4) is 0 Å². The van der Waals surface area contributed by atoms with Gasteiger partial charge in [0.2, 0.25) is 0 Å². The second-order valence-electron chi connectivity index (χ2n) is 4.58. The Morgan fingerprint density at radius 1 is 1.48 bits per heavy atom. The Labute approximate surface area is 130 Å². The lowest BCUT2D eigenvalue weighted by Crippen LogP contribution is -2.19. The van der Waals surface area contributed by atoms with E-state index in [0.717, 1.165) is 27.7 Å². The average molecular weight is 320 g/mol. The van der Waals surface area contributed by atoms with Crippen molar-refractivity contribution in [2.45, 2.75) is 18.8 Å². The first-order valence-electron chi connectivity index (χ1n) is 6.58. The van der Waals surface area contributed by atoms with Crippen molar-refractivity contribution in [2.75, 3.05) is 12.9 Å². The summed E-state index contributed by atoms with van der Waals surface area (Å²) >= 11 is 1.74. The molecule has 1 aromatic heterocycles. The van der Waals surface area contributed by atoms with E-state index in [9.17, 15) is 4.91 Å². The van der Waals surface area contributed by atoms with Gasteiger partial charge in [-0.2, -0.15) is 11.8 Å². The molecule has 0 aliphatic rings. The zero-order valence-electron chi connectivity index (χ0n) is 12.0. The van der Waals surface area contributed by atoms with E-state index in [-0.39, 0.29) is 6.10 Å². The number of ether oxygens (including phenoxy) is 1. The number of benzene rings is 1. The summed E-state index contributed by atoms with van der Waals surface area (Å²) in [6, 6.07) is 10.2. The molecule has 0 spiro atoms. The molecule has 0 radical (unpaired) electrons. The van der Waals surface area contributed by atoms with Crippen molar-refractivity contribution >= 4 is 36.3 Å². The van der Waals surface area contributed by atoms with Gasteiger partial charge in [0, 0.05) is 35.5 Å². The van der Waals surface area contributed by atoms with Gasteiger partial charge in [0.05, 0.1) is 20.0 Å². The average Bonchev–Trinajstić information content (AvgIpc) is 2.53. The quantitative estimate of drug-likeness (QED) is 0.564. The monoisotopic (exact) mass is 320 g/mol. The summed E-state index contributed by atoms with van der Waals surface area (Å²) in [6.07, 6.45) is 1.86. The maximum absolute atomic E-state index is 10.5. The Balaban J connectivity index is 1.98. The summed E-state index contributed by atoms with van der Waals surface area (Å²) in [5.41, 5.74) is 2.19. The van der Waals surface area contributed by atoms with E-state index in [1.165, 1.54) is 5.56 Å². The number of para-hydroxylation sites is 1. The standard InChI is InChI=1S/C15H17N2O2PS/c1-11(19-2)15(20-17-18)10-21-9-12-7-13-5-3-4-6-14(13)16-8-12/h3-8,11H,9-10H2,1-2H3. The van der Waals surface area contributed by atoms with E-state index in [4.69, 9.17) is 4.74 Å². The van der Waals surface area contributed by atoms with Crippen molar-refractivity contribution < 1.29 is 4.74 Å². The van der Waals surface area contributed by atoms with Crippen molar-refractivity contribution in [1.29, 1.82) is 0 Å². The van der Waals surface area contributed by atoms with Crippen LogP contribution in [0.25, 0.3) is 10.9 Å². The molecule has 0 N–H and O–H groups in total. The Bertz CT molecular complexity index is 648. The number of aromatic nitrogens is 1. The van der Waals surface area contributed by atoms with Gasteiger partial charge in [0.1, 0.15) is 0 Å². The fraction of sp³-hybridized carbons (Fsp3) is 0.333. The van der Waals surface area contributed by atoms with Crippen LogP contribution in [-0.4, -0.2) is 29.2 Å². The molecule has 6 heteroatoms. The minimum Gasteiger partial charge on any atom is -0.377 e. The number of nitroso groups, excluding NO2 is 1. The summed E-state index contributed by atoms with van der Waals surface area (Å²) < 4.78 is 5.26. The predicted molar refractivity (Wildman–Crippen MR) is 92.1 cm³/mol. The summed E-state index contributed by atoms with van der Waals surface area (Å²) in [5.74, 6) is 1.61. The van der Waals surface area contributed by atoms with Gasteiger partial charge in [-0.25, -0.2) is 0 Å². The molecule has 110 valence electrons. The molecule has 0 aliphatic heterocycles. The Morgan fingerprint density at radius 3 is 3.05 bits per heavy atom. The number of pyridine rings is 1. The van der Waals surface area contributed by atoms with Gasteiger partial charge in [-0.15, -0.1) is 4.91 Å². The molecule has 0 aliphatic carbocycles. The van der Waals surface area contributed by atoms with E-state index in [1.54, 1.807) is 18.9 Å². The highest BCUT2D eigenvalue weighted by atomic mass is 32.2. The molecule has 2 rings (SSSR count). The molecule has 0 amide bonds. The van der Waals surface area contributed by atoms with Crippen LogP contribution in [0.2, 0.25) is 0 Å². The first-order chi connectivity index (χ1) is 10.2. The Hall–Kier alpha value is -1.29. The third-order valence-electron chi connectivity index (χ3n) is 3.16. The third-order valence-corrected chi connectivity index (χ3v) is 5.28. The first-order valence-corrected chi connectivity index (χ1v) is 8.58. The predicted octanol–water partition coefficient (Wildman–Crippen LogP) is 4.30. The summed E-state index contributed by atoms with van der Waals surface area (Å²) in [4.78, 5) is 17.9.